The van der Waals surface area contributed by atoms with E-state index in [0.29, 0.717) is 5.69 Å². The van der Waals surface area contributed by atoms with Crippen molar-refractivity contribution in [3.05, 3.63) is 70.2 Å². The molecule has 5 heteroatoms. The Bertz CT molecular complexity index is 693. The lowest BCUT2D eigenvalue weighted by Crippen LogP contribution is -2.08. The van der Waals surface area contributed by atoms with Crippen molar-refractivity contribution >= 4 is 39.6 Å². The summed E-state index contributed by atoms with van der Waals surface area (Å²) in [7, 11) is 0. The van der Waals surface area contributed by atoms with Gasteiger partial charge in [0, 0.05) is 16.2 Å². The molecule has 2 N–H and O–H groups in total. The second-order valence-electron chi connectivity index (χ2n) is 4.23. The third-order valence-corrected chi connectivity index (χ3v) is 3.44. The Morgan fingerprint density at radius 2 is 1.71 bits per heavy atom. The van der Waals surface area contributed by atoms with Gasteiger partial charge in [0.1, 0.15) is 0 Å². The van der Waals surface area contributed by atoms with Gasteiger partial charge in [-0.15, -0.1) is 0 Å². The number of amides is 1. The predicted octanol–water partition coefficient (Wildman–Crippen LogP) is 3.80. The van der Waals surface area contributed by atoms with Gasteiger partial charge in [0.25, 0.3) is 0 Å². The number of carboxylic acid groups (broad SMARTS) is 1. The Kier molecular flexibility index (Phi) is 4.90. The highest BCUT2D eigenvalue weighted by Crippen LogP contribution is 2.17. The molecule has 0 fully saturated rings. The maximum Gasteiger partial charge on any atom is 0.335 e. The number of carbonyl (C=O) groups is 2. The molecule has 0 heterocycles. The number of hydrogen-bond donors (Lipinski definition) is 2. The standard InChI is InChI=1S/C16H12BrNO3/c17-14-4-2-1-3-11(14)7-10-15(19)18-13-8-5-12(6-9-13)16(20)21/h1-10H,(H,18,19)(H,20,21)/b10-7+. The first-order valence-corrected chi connectivity index (χ1v) is 6.92. The van der Waals surface area contributed by atoms with Crippen LogP contribution in [0.3, 0.4) is 0 Å². The highest BCUT2D eigenvalue weighted by Gasteiger charge is 2.03. The van der Waals surface area contributed by atoms with Crippen LogP contribution in [0.5, 0.6) is 0 Å². The minimum Gasteiger partial charge on any atom is -0.478 e. The third kappa shape index (κ3) is 4.29. The van der Waals surface area contributed by atoms with E-state index in [0.717, 1.165) is 10.0 Å². The average Bonchev–Trinajstić information content (AvgIpc) is 2.47. The van der Waals surface area contributed by atoms with Crippen molar-refractivity contribution in [3.8, 4) is 0 Å². The van der Waals surface area contributed by atoms with E-state index in [2.05, 4.69) is 21.2 Å². The fourth-order valence-corrected chi connectivity index (χ4v) is 2.07. The summed E-state index contributed by atoms with van der Waals surface area (Å²) in [5, 5.41) is 11.5. The van der Waals surface area contributed by atoms with E-state index in [1.807, 2.05) is 24.3 Å². The quantitative estimate of drug-likeness (QED) is 0.828. The lowest BCUT2D eigenvalue weighted by atomic mass is 10.2. The molecule has 0 saturated carbocycles. The van der Waals surface area contributed by atoms with Crippen LogP contribution in [0.4, 0.5) is 5.69 Å². The van der Waals surface area contributed by atoms with Crippen LogP contribution in [0, 0.1) is 0 Å². The predicted molar refractivity (Wildman–Crippen MR) is 85.2 cm³/mol. The van der Waals surface area contributed by atoms with E-state index in [4.69, 9.17) is 5.11 Å². The van der Waals surface area contributed by atoms with Crippen LogP contribution < -0.4 is 5.32 Å². The molecule has 0 radical (unpaired) electrons. The molecule has 0 aromatic heterocycles. The molecular formula is C16H12BrNO3. The Morgan fingerprint density at radius 3 is 2.33 bits per heavy atom. The molecule has 0 spiro atoms. The lowest BCUT2D eigenvalue weighted by molar-refractivity contribution is -0.111. The zero-order valence-electron chi connectivity index (χ0n) is 10.9. The zero-order chi connectivity index (χ0) is 15.2. The fourth-order valence-electron chi connectivity index (χ4n) is 1.66. The average molecular weight is 346 g/mol. The summed E-state index contributed by atoms with van der Waals surface area (Å²) in [5.41, 5.74) is 1.62. The minimum atomic E-state index is -0.998. The fraction of sp³-hybridized carbons (Fsp3) is 0. The molecule has 0 unspecified atom stereocenters. The third-order valence-electron chi connectivity index (χ3n) is 2.72. The summed E-state index contributed by atoms with van der Waals surface area (Å²) in [4.78, 5) is 22.5. The Hall–Kier alpha value is -2.40. The first kappa shape index (κ1) is 15.0. The number of aromatic carboxylic acids is 1. The van der Waals surface area contributed by atoms with Crippen molar-refractivity contribution < 1.29 is 14.7 Å². The lowest BCUT2D eigenvalue weighted by Gasteiger charge is -2.02. The van der Waals surface area contributed by atoms with Crippen LogP contribution in [0.15, 0.2) is 59.1 Å². The Morgan fingerprint density at radius 1 is 1.05 bits per heavy atom. The molecule has 0 aliphatic carbocycles. The first-order chi connectivity index (χ1) is 10.1. The summed E-state index contributed by atoms with van der Waals surface area (Å²) >= 11 is 3.40. The van der Waals surface area contributed by atoms with Crippen molar-refractivity contribution in [2.45, 2.75) is 0 Å². The van der Waals surface area contributed by atoms with Crippen LogP contribution in [-0.2, 0) is 4.79 Å². The van der Waals surface area contributed by atoms with Gasteiger partial charge in [-0.3, -0.25) is 4.79 Å². The van der Waals surface area contributed by atoms with Gasteiger partial charge in [-0.1, -0.05) is 34.1 Å². The molecule has 0 aliphatic heterocycles. The summed E-state index contributed by atoms with van der Waals surface area (Å²) in [6, 6.07) is 13.5. The molecule has 2 aromatic carbocycles. The number of carbonyl (C=O) groups excluding carboxylic acids is 1. The van der Waals surface area contributed by atoms with Gasteiger partial charge in [0.2, 0.25) is 5.91 Å². The maximum atomic E-state index is 11.8. The molecule has 1 amide bonds. The second-order valence-corrected chi connectivity index (χ2v) is 5.08. The summed E-state index contributed by atoms with van der Waals surface area (Å²) in [6.07, 6.45) is 3.12. The van der Waals surface area contributed by atoms with Gasteiger partial charge in [-0.25, -0.2) is 4.79 Å². The molecule has 0 aliphatic rings. The van der Waals surface area contributed by atoms with Crippen molar-refractivity contribution in [2.75, 3.05) is 5.32 Å². The minimum absolute atomic E-state index is 0.178. The van der Waals surface area contributed by atoms with Gasteiger partial charge in [0.05, 0.1) is 5.56 Å². The summed E-state index contributed by atoms with van der Waals surface area (Å²) < 4.78 is 0.903. The number of rotatable bonds is 4. The topological polar surface area (TPSA) is 66.4 Å². The molecule has 4 nitrogen and oxygen atoms in total. The van der Waals surface area contributed by atoms with E-state index < -0.39 is 5.97 Å². The van der Waals surface area contributed by atoms with Crippen LogP contribution in [0.25, 0.3) is 6.08 Å². The Balaban J connectivity index is 2.02. The van der Waals surface area contributed by atoms with Crippen LogP contribution in [0.1, 0.15) is 15.9 Å². The number of benzene rings is 2. The van der Waals surface area contributed by atoms with E-state index in [1.54, 1.807) is 18.2 Å². The van der Waals surface area contributed by atoms with E-state index in [1.165, 1.54) is 18.2 Å². The molecule has 0 bridgehead atoms. The zero-order valence-corrected chi connectivity index (χ0v) is 12.5. The highest BCUT2D eigenvalue weighted by molar-refractivity contribution is 9.10. The van der Waals surface area contributed by atoms with Gasteiger partial charge in [-0.2, -0.15) is 0 Å². The van der Waals surface area contributed by atoms with Crippen LogP contribution in [-0.4, -0.2) is 17.0 Å². The van der Waals surface area contributed by atoms with Gasteiger partial charge >= 0.3 is 5.97 Å². The van der Waals surface area contributed by atoms with Gasteiger partial charge < -0.3 is 10.4 Å². The first-order valence-electron chi connectivity index (χ1n) is 6.13. The number of halogens is 1. The summed E-state index contributed by atoms with van der Waals surface area (Å²) in [5.74, 6) is -1.28. The number of anilines is 1. The highest BCUT2D eigenvalue weighted by atomic mass is 79.9. The van der Waals surface area contributed by atoms with Crippen LogP contribution in [0.2, 0.25) is 0 Å². The Labute approximate surface area is 130 Å². The molecule has 2 rings (SSSR count). The van der Waals surface area contributed by atoms with E-state index >= 15 is 0 Å². The molecule has 106 valence electrons. The van der Waals surface area contributed by atoms with Crippen molar-refractivity contribution in [1.29, 1.82) is 0 Å². The molecule has 0 atom stereocenters. The van der Waals surface area contributed by atoms with E-state index in [-0.39, 0.29) is 11.5 Å². The SMILES string of the molecule is O=C(/C=C/c1ccccc1Br)Nc1ccc(C(=O)O)cc1. The smallest absolute Gasteiger partial charge is 0.335 e. The number of hydrogen-bond acceptors (Lipinski definition) is 2. The van der Waals surface area contributed by atoms with Crippen molar-refractivity contribution in [2.24, 2.45) is 0 Å². The number of nitrogens with one attached hydrogen (secondary N) is 1. The number of carboxylic acids is 1. The molecule has 2 aromatic rings. The normalized spacial score (nSPS) is 10.5. The molecule has 0 saturated heterocycles. The van der Waals surface area contributed by atoms with Crippen molar-refractivity contribution in [3.63, 3.8) is 0 Å². The summed E-state index contributed by atoms with van der Waals surface area (Å²) in [6.45, 7) is 0. The van der Waals surface area contributed by atoms with E-state index in [9.17, 15) is 9.59 Å². The molecule has 21 heavy (non-hydrogen) atoms. The second kappa shape index (κ2) is 6.85. The van der Waals surface area contributed by atoms with Gasteiger partial charge in [0.15, 0.2) is 0 Å². The van der Waals surface area contributed by atoms with Gasteiger partial charge in [-0.05, 0) is 42.0 Å². The monoisotopic (exact) mass is 345 g/mol. The molecular weight excluding hydrogens is 334 g/mol. The van der Waals surface area contributed by atoms with Crippen LogP contribution >= 0.6 is 15.9 Å². The largest absolute Gasteiger partial charge is 0.478 e. The van der Waals surface area contributed by atoms with Crippen molar-refractivity contribution in [1.82, 2.24) is 0 Å². The maximum absolute atomic E-state index is 11.8.